The highest BCUT2D eigenvalue weighted by atomic mass is 16.3. The fourth-order valence-electron chi connectivity index (χ4n) is 0.444. The van der Waals surface area contributed by atoms with Gasteiger partial charge in [0.2, 0.25) is 0 Å². The van der Waals surface area contributed by atoms with E-state index in [-0.39, 0.29) is 6.61 Å². The molecule has 1 heterocycles. The van der Waals surface area contributed by atoms with Crippen LogP contribution in [0.5, 0.6) is 0 Å². The van der Waals surface area contributed by atoms with Crippen LogP contribution < -0.4 is 0 Å². The fraction of sp³-hybridized carbons (Fsp3) is 0.167. The Hall–Kier alpha value is -0.890. The van der Waals surface area contributed by atoms with E-state index >= 15 is 0 Å². The maximum Gasteiger partial charge on any atom is 0.0697 e. The van der Waals surface area contributed by atoms with Crippen LogP contribution in [-0.2, 0) is 6.61 Å². The molecule has 41 valence electrons. The molecule has 1 aromatic rings. The van der Waals surface area contributed by atoms with E-state index in [2.05, 4.69) is 11.1 Å². The first kappa shape index (κ1) is 5.25. The minimum atomic E-state index is 0.0460. The van der Waals surface area contributed by atoms with E-state index in [4.69, 9.17) is 5.11 Å². The monoisotopic (exact) mass is 108 g/mol. The van der Waals surface area contributed by atoms with Gasteiger partial charge in [-0.25, -0.2) is 0 Å². The molecule has 8 heavy (non-hydrogen) atoms. The molecule has 1 aromatic heterocycles. The van der Waals surface area contributed by atoms with Gasteiger partial charge in [0.05, 0.1) is 6.61 Å². The molecular formula is C6H6NO. The molecule has 0 spiro atoms. The molecule has 0 unspecified atom stereocenters. The van der Waals surface area contributed by atoms with E-state index in [1.54, 1.807) is 18.5 Å². The third kappa shape index (κ3) is 1.04. The third-order valence-corrected chi connectivity index (χ3v) is 0.841. The van der Waals surface area contributed by atoms with Crippen molar-refractivity contribution in [3.63, 3.8) is 0 Å². The van der Waals surface area contributed by atoms with Crippen molar-refractivity contribution < 1.29 is 5.11 Å². The minimum Gasteiger partial charge on any atom is -0.392 e. The Morgan fingerprint density at radius 2 is 2.62 bits per heavy atom. The van der Waals surface area contributed by atoms with E-state index in [9.17, 15) is 0 Å². The Morgan fingerprint density at radius 3 is 3.00 bits per heavy atom. The van der Waals surface area contributed by atoms with Crippen molar-refractivity contribution in [2.45, 2.75) is 6.61 Å². The molecule has 0 atom stereocenters. The Bertz CT molecular complexity index is 150. The van der Waals surface area contributed by atoms with Crippen molar-refractivity contribution in [1.82, 2.24) is 4.98 Å². The van der Waals surface area contributed by atoms with Gasteiger partial charge in [0.25, 0.3) is 0 Å². The Kier molecular flexibility index (Phi) is 1.59. The van der Waals surface area contributed by atoms with Gasteiger partial charge in [0.15, 0.2) is 0 Å². The van der Waals surface area contributed by atoms with Crippen molar-refractivity contribution in [1.29, 1.82) is 0 Å². The third-order valence-electron chi connectivity index (χ3n) is 0.841. The first-order chi connectivity index (χ1) is 3.93. The summed E-state index contributed by atoms with van der Waals surface area (Å²) in [4.78, 5) is 3.74. The van der Waals surface area contributed by atoms with Crippen molar-refractivity contribution in [2.75, 3.05) is 0 Å². The van der Waals surface area contributed by atoms with Gasteiger partial charge in [-0.15, -0.1) is 0 Å². The molecular weight excluding hydrogens is 102 g/mol. The number of aromatic nitrogens is 1. The molecule has 0 amide bonds. The Morgan fingerprint density at radius 1 is 1.75 bits per heavy atom. The average molecular weight is 108 g/mol. The summed E-state index contributed by atoms with van der Waals surface area (Å²) in [5.74, 6) is 0. The quantitative estimate of drug-likeness (QED) is 0.564. The lowest BCUT2D eigenvalue weighted by molar-refractivity contribution is 0.281. The number of aliphatic hydroxyl groups excluding tert-OH is 1. The smallest absolute Gasteiger partial charge is 0.0697 e. The second-order valence-corrected chi connectivity index (χ2v) is 1.45. The molecule has 0 aliphatic carbocycles. The number of hydrogen-bond acceptors (Lipinski definition) is 2. The van der Waals surface area contributed by atoms with Crippen LogP contribution in [0.15, 0.2) is 18.5 Å². The minimum absolute atomic E-state index is 0.0460. The van der Waals surface area contributed by atoms with Crippen LogP contribution in [0.1, 0.15) is 5.56 Å². The first-order valence-electron chi connectivity index (χ1n) is 2.34. The van der Waals surface area contributed by atoms with E-state index in [1.165, 1.54) is 0 Å². The van der Waals surface area contributed by atoms with Gasteiger partial charge in [-0.3, -0.25) is 4.98 Å². The summed E-state index contributed by atoms with van der Waals surface area (Å²) in [5.41, 5.74) is 0.799. The van der Waals surface area contributed by atoms with Gasteiger partial charge in [-0.1, -0.05) is 0 Å². The van der Waals surface area contributed by atoms with E-state index in [0.717, 1.165) is 5.56 Å². The van der Waals surface area contributed by atoms with Crippen LogP contribution in [0.2, 0.25) is 0 Å². The van der Waals surface area contributed by atoms with Crippen LogP contribution in [-0.4, -0.2) is 10.1 Å². The lowest BCUT2D eigenvalue weighted by Crippen LogP contribution is -1.81. The standard InChI is InChI=1S/C6H6NO/c8-5-6-2-1-3-7-4-6/h2-4,8H,5H2. The lowest BCUT2D eigenvalue weighted by Gasteiger charge is -1.88. The average Bonchev–Trinajstić information content (AvgIpc) is 1.90. The topological polar surface area (TPSA) is 33.1 Å². The summed E-state index contributed by atoms with van der Waals surface area (Å²) in [5, 5.41) is 8.48. The number of pyridine rings is 1. The summed E-state index contributed by atoms with van der Waals surface area (Å²) in [6.07, 6.45) is 3.16. The Labute approximate surface area is 47.8 Å². The summed E-state index contributed by atoms with van der Waals surface area (Å²) >= 11 is 0. The number of hydrogen-bond donors (Lipinski definition) is 1. The zero-order valence-corrected chi connectivity index (χ0v) is 4.33. The highest BCUT2D eigenvalue weighted by molar-refractivity contribution is 5.04. The SMILES string of the molecule is OCc1c[c]cnc1. The van der Waals surface area contributed by atoms with Crippen LogP contribution in [0.4, 0.5) is 0 Å². The van der Waals surface area contributed by atoms with Gasteiger partial charge in [0.1, 0.15) is 0 Å². The molecule has 0 fully saturated rings. The van der Waals surface area contributed by atoms with Gasteiger partial charge in [-0.2, -0.15) is 0 Å². The van der Waals surface area contributed by atoms with Crippen molar-refractivity contribution in [3.05, 3.63) is 30.1 Å². The first-order valence-corrected chi connectivity index (χ1v) is 2.34. The van der Waals surface area contributed by atoms with Crippen molar-refractivity contribution in [2.24, 2.45) is 0 Å². The largest absolute Gasteiger partial charge is 0.392 e. The maximum atomic E-state index is 8.48. The zero-order valence-electron chi connectivity index (χ0n) is 4.33. The fourth-order valence-corrected chi connectivity index (χ4v) is 0.444. The predicted molar refractivity (Wildman–Crippen MR) is 29.0 cm³/mol. The van der Waals surface area contributed by atoms with E-state index < -0.39 is 0 Å². The van der Waals surface area contributed by atoms with E-state index in [1.807, 2.05) is 0 Å². The molecule has 1 N–H and O–H groups in total. The normalized spacial score (nSPS) is 9.12. The lowest BCUT2D eigenvalue weighted by atomic mass is 10.3. The van der Waals surface area contributed by atoms with Crippen LogP contribution in [0.3, 0.4) is 0 Å². The van der Waals surface area contributed by atoms with Crippen LogP contribution >= 0.6 is 0 Å². The van der Waals surface area contributed by atoms with Crippen molar-refractivity contribution >= 4 is 0 Å². The summed E-state index contributed by atoms with van der Waals surface area (Å²) in [6, 6.07) is 4.44. The highest BCUT2D eigenvalue weighted by Gasteiger charge is 1.82. The van der Waals surface area contributed by atoms with Crippen molar-refractivity contribution in [3.8, 4) is 0 Å². The molecule has 1 radical (unpaired) electrons. The number of aliphatic hydroxyl groups is 1. The van der Waals surface area contributed by atoms with Gasteiger partial charge < -0.3 is 5.11 Å². The molecule has 2 nitrogen and oxygen atoms in total. The molecule has 1 rings (SSSR count). The summed E-state index contributed by atoms with van der Waals surface area (Å²) in [7, 11) is 0. The zero-order chi connectivity index (χ0) is 5.82. The summed E-state index contributed by atoms with van der Waals surface area (Å²) in [6.45, 7) is 0.0460. The Balaban J connectivity index is 2.83. The van der Waals surface area contributed by atoms with Gasteiger partial charge >= 0.3 is 0 Å². The van der Waals surface area contributed by atoms with Gasteiger partial charge in [-0.05, 0) is 11.6 Å². The molecule has 0 aliphatic heterocycles. The predicted octanol–water partition coefficient (Wildman–Crippen LogP) is 0.374. The second kappa shape index (κ2) is 2.43. The highest BCUT2D eigenvalue weighted by Crippen LogP contribution is 1.91. The number of nitrogens with zero attached hydrogens (tertiary/aromatic N) is 1. The molecule has 0 aliphatic rings. The second-order valence-electron chi connectivity index (χ2n) is 1.45. The van der Waals surface area contributed by atoms with E-state index in [0.29, 0.717) is 0 Å². The van der Waals surface area contributed by atoms with Crippen LogP contribution in [0, 0.1) is 6.07 Å². The molecule has 0 bridgehead atoms. The molecule has 0 saturated heterocycles. The summed E-state index contributed by atoms with van der Waals surface area (Å²) < 4.78 is 0. The maximum absolute atomic E-state index is 8.48. The molecule has 0 aromatic carbocycles. The molecule has 2 heteroatoms. The number of rotatable bonds is 1. The molecule has 0 saturated carbocycles. The van der Waals surface area contributed by atoms with Crippen LogP contribution in [0.25, 0.3) is 0 Å². The van der Waals surface area contributed by atoms with Gasteiger partial charge in [0, 0.05) is 18.5 Å².